The first-order valence-electron chi connectivity index (χ1n) is 3.67. The van der Waals surface area contributed by atoms with Gasteiger partial charge in [0.05, 0.1) is 12.7 Å². The van der Waals surface area contributed by atoms with Crippen molar-refractivity contribution in [3.05, 3.63) is 0 Å². The molecule has 1 atom stereocenters. The van der Waals surface area contributed by atoms with Crippen LogP contribution in [0.15, 0.2) is 0 Å². The molecule has 0 aromatic rings. The topological polar surface area (TPSA) is 41.5 Å². The fourth-order valence-corrected chi connectivity index (χ4v) is 0.530. The molecule has 0 radical (unpaired) electrons. The Morgan fingerprint density at radius 3 is 2.70 bits per heavy atom. The summed E-state index contributed by atoms with van der Waals surface area (Å²) in [7, 11) is 1.89. The van der Waals surface area contributed by atoms with E-state index < -0.39 is 0 Å². The summed E-state index contributed by atoms with van der Waals surface area (Å²) in [6.07, 6.45) is 0.485. The highest BCUT2D eigenvalue weighted by atomic mass is 16.5. The third-order valence-corrected chi connectivity index (χ3v) is 1.18. The number of likely N-dealkylation sites (N-methyl/N-ethyl adjacent to an activating group) is 1. The minimum Gasteiger partial charge on any atom is -0.393 e. The van der Waals surface area contributed by atoms with Crippen LogP contribution in [-0.4, -0.2) is 38.0 Å². The Balaban J connectivity index is 2.77. The summed E-state index contributed by atoms with van der Waals surface area (Å²) in [5.74, 6) is 0. The van der Waals surface area contributed by atoms with E-state index in [1.807, 2.05) is 7.05 Å². The molecule has 0 bridgehead atoms. The molecular formula is C7H17NO2. The average Bonchev–Trinajstić information content (AvgIpc) is 1.87. The molecule has 3 heteroatoms. The van der Waals surface area contributed by atoms with Crippen molar-refractivity contribution in [1.82, 2.24) is 5.32 Å². The molecule has 1 unspecified atom stereocenters. The molecule has 3 nitrogen and oxygen atoms in total. The minimum absolute atomic E-state index is 0.241. The molecule has 0 spiro atoms. The van der Waals surface area contributed by atoms with Gasteiger partial charge in [-0.1, -0.05) is 0 Å². The van der Waals surface area contributed by atoms with Gasteiger partial charge >= 0.3 is 0 Å². The zero-order valence-electron chi connectivity index (χ0n) is 6.76. The van der Waals surface area contributed by atoms with Gasteiger partial charge in [0, 0.05) is 13.2 Å². The van der Waals surface area contributed by atoms with E-state index in [9.17, 15) is 0 Å². The fourth-order valence-electron chi connectivity index (χ4n) is 0.530. The Morgan fingerprint density at radius 2 is 2.20 bits per heavy atom. The summed E-state index contributed by atoms with van der Waals surface area (Å²) in [6.45, 7) is 4.02. The van der Waals surface area contributed by atoms with Gasteiger partial charge in [0.15, 0.2) is 0 Å². The number of aliphatic hydroxyl groups is 1. The van der Waals surface area contributed by atoms with E-state index in [2.05, 4.69) is 5.32 Å². The van der Waals surface area contributed by atoms with E-state index >= 15 is 0 Å². The van der Waals surface area contributed by atoms with Crippen LogP contribution >= 0.6 is 0 Å². The Bertz CT molecular complexity index is 66.6. The molecule has 0 fully saturated rings. The molecule has 0 aromatic heterocycles. The first kappa shape index (κ1) is 9.88. The Morgan fingerprint density at radius 1 is 1.50 bits per heavy atom. The maximum absolute atomic E-state index is 8.81. The molecule has 2 N–H and O–H groups in total. The summed E-state index contributed by atoms with van der Waals surface area (Å²) in [4.78, 5) is 0. The van der Waals surface area contributed by atoms with Crippen molar-refractivity contribution in [1.29, 1.82) is 0 Å². The molecule has 0 aliphatic rings. The molecule has 62 valence electrons. The third-order valence-electron chi connectivity index (χ3n) is 1.18. The van der Waals surface area contributed by atoms with Crippen LogP contribution in [0.5, 0.6) is 0 Å². The van der Waals surface area contributed by atoms with Crippen LogP contribution in [0.25, 0.3) is 0 Å². The van der Waals surface area contributed by atoms with Gasteiger partial charge in [-0.25, -0.2) is 0 Å². The van der Waals surface area contributed by atoms with E-state index in [1.165, 1.54) is 0 Å². The largest absolute Gasteiger partial charge is 0.393 e. The quantitative estimate of drug-likeness (QED) is 0.519. The van der Waals surface area contributed by atoms with Crippen LogP contribution in [0.1, 0.15) is 13.3 Å². The lowest BCUT2D eigenvalue weighted by molar-refractivity contribution is 0.0913. The maximum atomic E-state index is 8.81. The molecule has 0 rings (SSSR count). The van der Waals surface area contributed by atoms with Crippen molar-refractivity contribution in [2.24, 2.45) is 0 Å². The molecule has 10 heavy (non-hydrogen) atoms. The SMILES string of the molecule is CNCCOCCC(C)O. The van der Waals surface area contributed by atoms with E-state index in [-0.39, 0.29) is 6.10 Å². The van der Waals surface area contributed by atoms with Gasteiger partial charge < -0.3 is 15.2 Å². The van der Waals surface area contributed by atoms with Gasteiger partial charge in [-0.3, -0.25) is 0 Å². The highest BCUT2D eigenvalue weighted by Crippen LogP contribution is 1.88. The monoisotopic (exact) mass is 147 g/mol. The smallest absolute Gasteiger partial charge is 0.0590 e. The zero-order valence-corrected chi connectivity index (χ0v) is 6.76. The number of hydrogen-bond donors (Lipinski definition) is 2. The van der Waals surface area contributed by atoms with Crippen LogP contribution in [0.4, 0.5) is 0 Å². The van der Waals surface area contributed by atoms with Crippen LogP contribution in [0, 0.1) is 0 Å². The number of nitrogens with one attached hydrogen (secondary N) is 1. The van der Waals surface area contributed by atoms with Crippen molar-refractivity contribution in [3.8, 4) is 0 Å². The highest BCUT2D eigenvalue weighted by molar-refractivity contribution is 4.44. The molecular weight excluding hydrogens is 130 g/mol. The lowest BCUT2D eigenvalue weighted by atomic mass is 10.3. The molecule has 0 saturated heterocycles. The van der Waals surface area contributed by atoms with Gasteiger partial charge in [0.25, 0.3) is 0 Å². The Hall–Kier alpha value is -0.120. The van der Waals surface area contributed by atoms with Gasteiger partial charge in [0.1, 0.15) is 0 Å². The first-order valence-corrected chi connectivity index (χ1v) is 3.67. The number of hydrogen-bond acceptors (Lipinski definition) is 3. The van der Waals surface area contributed by atoms with Crippen molar-refractivity contribution < 1.29 is 9.84 Å². The van der Waals surface area contributed by atoms with Gasteiger partial charge in [-0.2, -0.15) is 0 Å². The number of ether oxygens (including phenoxy) is 1. The normalized spacial score (nSPS) is 13.5. The minimum atomic E-state index is -0.241. The lowest BCUT2D eigenvalue weighted by Gasteiger charge is -2.04. The predicted molar refractivity (Wildman–Crippen MR) is 41.0 cm³/mol. The highest BCUT2D eigenvalue weighted by Gasteiger charge is 1.93. The predicted octanol–water partition coefficient (Wildman–Crippen LogP) is -0.00670. The second-order valence-electron chi connectivity index (χ2n) is 2.35. The molecule has 0 amide bonds. The second kappa shape index (κ2) is 6.99. The molecule has 0 aliphatic carbocycles. The summed E-state index contributed by atoms with van der Waals surface area (Å²) in [6, 6.07) is 0. The van der Waals surface area contributed by atoms with Gasteiger partial charge in [0.2, 0.25) is 0 Å². The second-order valence-corrected chi connectivity index (χ2v) is 2.35. The summed E-state index contributed by atoms with van der Waals surface area (Å²) in [5, 5.41) is 11.8. The van der Waals surface area contributed by atoms with Crippen molar-refractivity contribution in [2.45, 2.75) is 19.4 Å². The Labute approximate surface area is 62.4 Å². The van der Waals surface area contributed by atoms with Crippen LogP contribution in [0.2, 0.25) is 0 Å². The van der Waals surface area contributed by atoms with E-state index in [1.54, 1.807) is 6.92 Å². The summed E-state index contributed by atoms with van der Waals surface area (Å²) in [5.41, 5.74) is 0. The summed E-state index contributed by atoms with van der Waals surface area (Å²) < 4.78 is 5.16. The van der Waals surface area contributed by atoms with Gasteiger partial charge in [-0.05, 0) is 20.4 Å². The number of rotatable bonds is 6. The van der Waals surface area contributed by atoms with E-state index in [0.717, 1.165) is 19.6 Å². The molecule has 0 saturated carbocycles. The van der Waals surface area contributed by atoms with Gasteiger partial charge in [-0.15, -0.1) is 0 Å². The first-order chi connectivity index (χ1) is 4.77. The van der Waals surface area contributed by atoms with Crippen LogP contribution < -0.4 is 5.32 Å². The van der Waals surface area contributed by atoms with E-state index in [0.29, 0.717) is 6.61 Å². The zero-order chi connectivity index (χ0) is 7.82. The van der Waals surface area contributed by atoms with Crippen molar-refractivity contribution in [2.75, 3.05) is 26.8 Å². The molecule has 0 aromatic carbocycles. The van der Waals surface area contributed by atoms with Crippen molar-refractivity contribution >= 4 is 0 Å². The maximum Gasteiger partial charge on any atom is 0.0590 e. The third kappa shape index (κ3) is 7.88. The average molecular weight is 147 g/mol. The lowest BCUT2D eigenvalue weighted by Crippen LogP contribution is -2.15. The van der Waals surface area contributed by atoms with Crippen molar-refractivity contribution in [3.63, 3.8) is 0 Å². The van der Waals surface area contributed by atoms with Crippen LogP contribution in [0.3, 0.4) is 0 Å². The standard InChI is InChI=1S/C7H17NO2/c1-7(9)3-5-10-6-4-8-2/h7-9H,3-6H2,1-2H3. The number of aliphatic hydroxyl groups excluding tert-OH is 1. The molecule has 0 heterocycles. The fraction of sp³-hybridized carbons (Fsp3) is 1.00. The van der Waals surface area contributed by atoms with E-state index in [4.69, 9.17) is 9.84 Å². The molecule has 0 aliphatic heterocycles. The van der Waals surface area contributed by atoms with Crippen LogP contribution in [-0.2, 0) is 4.74 Å². The summed E-state index contributed by atoms with van der Waals surface area (Å²) >= 11 is 0. The Kier molecular flexibility index (Phi) is 6.91.